The Hall–Kier alpha value is -2.06. The maximum Gasteiger partial charge on any atom is 0.257 e. The van der Waals surface area contributed by atoms with Gasteiger partial charge in [0.05, 0.1) is 10.9 Å². The Kier molecular flexibility index (Phi) is 4.40. The first-order valence-corrected chi connectivity index (χ1v) is 9.11. The smallest absolute Gasteiger partial charge is 0.257 e. The van der Waals surface area contributed by atoms with E-state index in [2.05, 4.69) is 32.1 Å². The van der Waals surface area contributed by atoms with Crippen LogP contribution in [-0.2, 0) is 6.54 Å². The normalized spacial score (nSPS) is 20.3. The van der Waals surface area contributed by atoms with E-state index < -0.39 is 0 Å². The average Bonchev–Trinajstić information content (AvgIpc) is 3.35. The summed E-state index contributed by atoms with van der Waals surface area (Å²) >= 11 is 1.61. The Morgan fingerprint density at radius 2 is 2.38 bits per heavy atom. The third-order valence-corrected chi connectivity index (χ3v) is 5.40. The van der Waals surface area contributed by atoms with Gasteiger partial charge in [0.15, 0.2) is 0 Å². The molecule has 0 bridgehead atoms. The minimum atomic E-state index is 0.129. The Morgan fingerprint density at radius 3 is 3.17 bits per heavy atom. The van der Waals surface area contributed by atoms with Gasteiger partial charge >= 0.3 is 0 Å². The summed E-state index contributed by atoms with van der Waals surface area (Å²) in [6.45, 7) is 5.13. The molecule has 3 aromatic heterocycles. The summed E-state index contributed by atoms with van der Waals surface area (Å²) in [5, 5.41) is 14.7. The molecule has 0 saturated carbocycles. The van der Waals surface area contributed by atoms with Crippen LogP contribution in [0.15, 0.2) is 34.6 Å². The van der Waals surface area contributed by atoms with Gasteiger partial charge in [-0.1, -0.05) is 6.07 Å². The second-order valence-corrected chi connectivity index (χ2v) is 7.17. The molecule has 0 spiro atoms. The third-order valence-electron chi connectivity index (χ3n) is 4.54. The zero-order chi connectivity index (χ0) is 16.4. The zero-order valence-corrected chi connectivity index (χ0v) is 14.4. The van der Waals surface area contributed by atoms with Crippen LogP contribution >= 0.6 is 11.3 Å². The van der Waals surface area contributed by atoms with Gasteiger partial charge < -0.3 is 4.42 Å². The number of likely N-dealkylation sites (tertiary alicyclic amines) is 1. The molecule has 126 valence electrons. The van der Waals surface area contributed by atoms with Crippen LogP contribution in [0.25, 0.3) is 10.8 Å². The molecule has 8 heteroatoms. The maximum absolute atomic E-state index is 5.90. The van der Waals surface area contributed by atoms with Gasteiger partial charge in [-0.15, -0.1) is 21.5 Å². The Morgan fingerprint density at radius 1 is 1.42 bits per heavy atom. The van der Waals surface area contributed by atoms with Gasteiger partial charge in [-0.05, 0) is 43.7 Å². The Labute approximate surface area is 144 Å². The molecule has 4 rings (SSSR count). The molecule has 1 fully saturated rings. The molecule has 7 nitrogen and oxygen atoms in total. The summed E-state index contributed by atoms with van der Waals surface area (Å²) in [5.74, 6) is 1.88. The Bertz CT molecular complexity index is 753. The molecule has 1 saturated heterocycles. The van der Waals surface area contributed by atoms with E-state index in [9.17, 15) is 0 Å². The summed E-state index contributed by atoms with van der Waals surface area (Å²) in [6.07, 6.45) is 5.77. The second-order valence-electron chi connectivity index (χ2n) is 6.22. The quantitative estimate of drug-likeness (QED) is 0.709. The number of aromatic nitrogens is 5. The van der Waals surface area contributed by atoms with Crippen molar-refractivity contribution in [1.82, 2.24) is 29.9 Å². The molecule has 0 aromatic carbocycles. The summed E-state index contributed by atoms with van der Waals surface area (Å²) < 4.78 is 7.82. The van der Waals surface area contributed by atoms with Crippen molar-refractivity contribution in [3.05, 3.63) is 36.1 Å². The highest BCUT2D eigenvalue weighted by Crippen LogP contribution is 2.29. The molecule has 1 aliphatic heterocycles. The first-order chi connectivity index (χ1) is 11.8. The predicted molar refractivity (Wildman–Crippen MR) is 90.3 cm³/mol. The Balaban J connectivity index is 1.43. The van der Waals surface area contributed by atoms with Crippen molar-refractivity contribution in [3.8, 4) is 10.8 Å². The summed E-state index contributed by atoms with van der Waals surface area (Å²) in [7, 11) is 0. The molecule has 4 heterocycles. The van der Waals surface area contributed by atoms with Gasteiger partial charge in [0.1, 0.15) is 12.7 Å². The van der Waals surface area contributed by atoms with E-state index in [1.54, 1.807) is 24.0 Å². The highest BCUT2D eigenvalue weighted by atomic mass is 32.1. The molecule has 2 atom stereocenters. The van der Waals surface area contributed by atoms with Crippen molar-refractivity contribution in [1.29, 1.82) is 0 Å². The first kappa shape index (κ1) is 15.5. The summed E-state index contributed by atoms with van der Waals surface area (Å²) in [4.78, 5) is 7.47. The molecule has 24 heavy (non-hydrogen) atoms. The van der Waals surface area contributed by atoms with Gasteiger partial charge in [-0.25, -0.2) is 4.98 Å². The van der Waals surface area contributed by atoms with E-state index in [4.69, 9.17) is 4.42 Å². The molecule has 3 aromatic rings. The van der Waals surface area contributed by atoms with Crippen LogP contribution in [0.2, 0.25) is 0 Å². The molecule has 1 aliphatic rings. The average molecular weight is 344 g/mol. The van der Waals surface area contributed by atoms with E-state index in [1.165, 1.54) is 12.8 Å². The lowest BCUT2D eigenvalue weighted by atomic mass is 9.97. The van der Waals surface area contributed by atoms with Crippen LogP contribution in [0, 0.1) is 5.92 Å². The van der Waals surface area contributed by atoms with Crippen molar-refractivity contribution >= 4 is 11.3 Å². The van der Waals surface area contributed by atoms with Crippen LogP contribution in [0.4, 0.5) is 0 Å². The van der Waals surface area contributed by atoms with Crippen LogP contribution in [-0.4, -0.2) is 43.0 Å². The fourth-order valence-corrected chi connectivity index (χ4v) is 3.89. The summed E-state index contributed by atoms with van der Waals surface area (Å²) in [5.41, 5.74) is 0. The van der Waals surface area contributed by atoms with E-state index >= 15 is 0 Å². The minimum absolute atomic E-state index is 0.129. The highest BCUT2D eigenvalue weighted by Gasteiger charge is 2.28. The van der Waals surface area contributed by atoms with Crippen molar-refractivity contribution < 1.29 is 4.42 Å². The van der Waals surface area contributed by atoms with Crippen LogP contribution < -0.4 is 0 Å². The molecular formula is C16H20N6OS. The predicted octanol–water partition coefficient (Wildman–Crippen LogP) is 2.86. The largest absolute Gasteiger partial charge is 0.418 e. The lowest BCUT2D eigenvalue weighted by molar-refractivity contribution is 0.107. The number of rotatable bonds is 5. The second kappa shape index (κ2) is 6.82. The van der Waals surface area contributed by atoms with Gasteiger partial charge in [0, 0.05) is 13.1 Å². The minimum Gasteiger partial charge on any atom is -0.418 e. The molecule has 0 amide bonds. The van der Waals surface area contributed by atoms with E-state index in [0.717, 1.165) is 24.5 Å². The number of hydrogen-bond acceptors (Lipinski definition) is 7. The SMILES string of the molecule is C[C@@H](c1nnc(-c2cccs2)o1)N1CCC[C@H](Cn2cncn2)C1. The molecule has 0 radical (unpaired) electrons. The van der Waals surface area contributed by atoms with Gasteiger partial charge in [-0.2, -0.15) is 5.10 Å². The molecular weight excluding hydrogens is 324 g/mol. The lowest BCUT2D eigenvalue weighted by Crippen LogP contribution is -2.38. The summed E-state index contributed by atoms with van der Waals surface area (Å²) in [6, 6.07) is 4.12. The molecule has 0 unspecified atom stereocenters. The van der Waals surface area contributed by atoms with Crippen molar-refractivity contribution in [2.24, 2.45) is 5.92 Å². The van der Waals surface area contributed by atoms with E-state index in [0.29, 0.717) is 17.7 Å². The number of thiophene rings is 1. The van der Waals surface area contributed by atoms with Crippen LogP contribution in [0.5, 0.6) is 0 Å². The number of piperidine rings is 1. The van der Waals surface area contributed by atoms with Gasteiger partial charge in [0.2, 0.25) is 5.89 Å². The fraction of sp³-hybridized carbons (Fsp3) is 0.500. The monoisotopic (exact) mass is 344 g/mol. The van der Waals surface area contributed by atoms with Gasteiger partial charge in [0.25, 0.3) is 5.89 Å². The van der Waals surface area contributed by atoms with Crippen molar-refractivity contribution in [2.45, 2.75) is 32.4 Å². The van der Waals surface area contributed by atoms with Crippen molar-refractivity contribution in [3.63, 3.8) is 0 Å². The third kappa shape index (κ3) is 3.25. The van der Waals surface area contributed by atoms with Gasteiger partial charge in [-0.3, -0.25) is 9.58 Å². The standard InChI is InChI=1S/C16H20N6OS/c1-12(15-19-20-16(23-15)14-5-3-7-24-14)21-6-2-4-13(8-21)9-22-11-17-10-18-22/h3,5,7,10-13H,2,4,6,8-9H2,1H3/t12-,13-/m0/s1. The van der Waals surface area contributed by atoms with Crippen LogP contribution in [0.3, 0.4) is 0 Å². The number of hydrogen-bond donors (Lipinski definition) is 0. The molecule has 0 N–H and O–H groups in total. The fourth-order valence-electron chi connectivity index (χ4n) is 3.25. The number of nitrogens with zero attached hydrogens (tertiary/aromatic N) is 6. The van der Waals surface area contributed by atoms with Crippen LogP contribution in [0.1, 0.15) is 31.7 Å². The molecule has 0 aliphatic carbocycles. The lowest BCUT2D eigenvalue weighted by Gasteiger charge is -2.35. The maximum atomic E-state index is 5.90. The zero-order valence-electron chi connectivity index (χ0n) is 13.6. The highest BCUT2D eigenvalue weighted by molar-refractivity contribution is 7.13. The first-order valence-electron chi connectivity index (χ1n) is 8.23. The van der Waals surface area contributed by atoms with E-state index in [1.807, 2.05) is 22.2 Å². The topological polar surface area (TPSA) is 72.9 Å². The van der Waals surface area contributed by atoms with Crippen molar-refractivity contribution in [2.75, 3.05) is 13.1 Å². The van der Waals surface area contributed by atoms with E-state index in [-0.39, 0.29) is 6.04 Å².